The van der Waals surface area contributed by atoms with Crippen LogP contribution in [0.1, 0.15) is 13.8 Å². The van der Waals surface area contributed by atoms with Gasteiger partial charge in [-0.25, -0.2) is 9.78 Å². The first-order chi connectivity index (χ1) is 13.0. The van der Waals surface area contributed by atoms with E-state index in [1.807, 2.05) is 17.0 Å². The van der Waals surface area contributed by atoms with E-state index in [1.54, 1.807) is 0 Å². The van der Waals surface area contributed by atoms with Gasteiger partial charge in [0.05, 0.1) is 16.6 Å². The minimum absolute atomic E-state index is 0.0339. The summed E-state index contributed by atoms with van der Waals surface area (Å²) in [6, 6.07) is 10.4. The predicted octanol–water partition coefficient (Wildman–Crippen LogP) is 3.74. The van der Waals surface area contributed by atoms with Crippen LogP contribution in [0.4, 0.5) is 10.6 Å². The molecule has 0 spiro atoms. The average Bonchev–Trinajstić information content (AvgIpc) is 3.15. The van der Waals surface area contributed by atoms with Crippen molar-refractivity contribution < 1.29 is 4.79 Å². The Bertz CT molecular complexity index is 975. The Morgan fingerprint density at radius 1 is 1.19 bits per heavy atom. The van der Waals surface area contributed by atoms with E-state index in [9.17, 15) is 4.79 Å². The van der Waals surface area contributed by atoms with Crippen LogP contribution in [0.25, 0.3) is 16.6 Å². The molecule has 0 bridgehead atoms. The molecule has 0 atom stereocenters. The number of hydrogen-bond donors (Lipinski definition) is 1. The lowest BCUT2D eigenvalue weighted by molar-refractivity contribution is 0.193. The van der Waals surface area contributed by atoms with Gasteiger partial charge in [-0.1, -0.05) is 29.8 Å². The third kappa shape index (κ3) is 3.60. The smallest absolute Gasteiger partial charge is 0.317 e. The van der Waals surface area contributed by atoms with Gasteiger partial charge in [0.15, 0.2) is 5.82 Å². The quantitative estimate of drug-likeness (QED) is 0.689. The number of piperazine rings is 1. The number of aromatic nitrogens is 2. The lowest BCUT2D eigenvalue weighted by Gasteiger charge is -2.35. The zero-order valence-corrected chi connectivity index (χ0v) is 17.2. The fourth-order valence-electron chi connectivity index (χ4n) is 3.49. The molecule has 0 radical (unpaired) electrons. The van der Waals surface area contributed by atoms with Crippen LogP contribution in [-0.4, -0.2) is 53.0 Å². The first-order valence-corrected chi connectivity index (χ1v) is 10.2. The molecule has 4 rings (SSSR count). The number of halogens is 1. The van der Waals surface area contributed by atoms with Crippen molar-refractivity contribution in [2.75, 3.05) is 37.6 Å². The minimum Gasteiger partial charge on any atom is -0.351 e. The Kier molecular flexibility index (Phi) is 4.95. The summed E-state index contributed by atoms with van der Waals surface area (Å²) >= 11 is 3.54. The third-order valence-corrected chi connectivity index (χ3v) is 5.42. The van der Waals surface area contributed by atoms with E-state index < -0.39 is 0 Å². The molecule has 142 valence electrons. The number of rotatable bonds is 3. The lowest BCUT2D eigenvalue weighted by atomic mass is 10.2. The van der Waals surface area contributed by atoms with Crippen molar-refractivity contribution in [3.63, 3.8) is 0 Å². The Morgan fingerprint density at radius 2 is 1.96 bits per heavy atom. The molecule has 0 aliphatic carbocycles. The normalized spacial score (nSPS) is 15.1. The number of benzene rings is 1. The van der Waals surface area contributed by atoms with Crippen molar-refractivity contribution in [1.29, 1.82) is 0 Å². The maximum absolute atomic E-state index is 12.3. The second kappa shape index (κ2) is 7.38. The second-order valence-electron chi connectivity index (χ2n) is 7.39. The lowest BCUT2D eigenvalue weighted by Crippen LogP contribution is -2.52. The van der Waals surface area contributed by atoms with Crippen molar-refractivity contribution in [3.05, 3.63) is 41.0 Å². The minimum atomic E-state index is 0.0339. The van der Waals surface area contributed by atoms with Crippen molar-refractivity contribution in [2.45, 2.75) is 13.8 Å². The molecule has 7 heteroatoms. The van der Waals surface area contributed by atoms with Crippen molar-refractivity contribution in [2.24, 2.45) is 5.92 Å². The maximum atomic E-state index is 12.3. The van der Waals surface area contributed by atoms with E-state index in [0.717, 1.165) is 39.9 Å². The Balaban J connectivity index is 1.56. The predicted molar refractivity (Wildman–Crippen MR) is 112 cm³/mol. The highest BCUT2D eigenvalue weighted by Gasteiger charge is 2.23. The molecule has 2 amide bonds. The van der Waals surface area contributed by atoms with Crippen molar-refractivity contribution in [1.82, 2.24) is 19.6 Å². The van der Waals surface area contributed by atoms with E-state index in [4.69, 9.17) is 4.98 Å². The summed E-state index contributed by atoms with van der Waals surface area (Å²) in [6.45, 7) is 7.88. The highest BCUT2D eigenvalue weighted by Crippen LogP contribution is 2.27. The van der Waals surface area contributed by atoms with Crippen molar-refractivity contribution in [3.8, 4) is 0 Å². The summed E-state index contributed by atoms with van der Waals surface area (Å²) in [4.78, 5) is 21.4. The van der Waals surface area contributed by atoms with Crippen LogP contribution in [-0.2, 0) is 0 Å². The molecule has 27 heavy (non-hydrogen) atoms. The van der Waals surface area contributed by atoms with Crippen LogP contribution >= 0.6 is 15.9 Å². The van der Waals surface area contributed by atoms with Crippen LogP contribution in [0.3, 0.4) is 0 Å². The molecule has 1 aromatic carbocycles. The van der Waals surface area contributed by atoms with Gasteiger partial charge in [-0.05, 0) is 36.2 Å². The number of nitrogens with one attached hydrogen (secondary N) is 1. The third-order valence-electron chi connectivity index (χ3n) is 4.93. The Morgan fingerprint density at radius 3 is 2.70 bits per heavy atom. The van der Waals surface area contributed by atoms with E-state index >= 15 is 0 Å². The molecule has 1 aliphatic rings. The summed E-state index contributed by atoms with van der Waals surface area (Å²) in [5, 5.41) is 3.01. The molecule has 3 aromatic rings. The number of carbonyl (C=O) groups excluding carboxylic acids is 1. The first-order valence-electron chi connectivity index (χ1n) is 9.37. The number of nitrogens with zero attached hydrogens (tertiary/aromatic N) is 4. The van der Waals surface area contributed by atoms with Gasteiger partial charge in [-0.3, -0.25) is 0 Å². The highest BCUT2D eigenvalue weighted by molar-refractivity contribution is 9.10. The van der Waals surface area contributed by atoms with Gasteiger partial charge in [0.2, 0.25) is 0 Å². The van der Waals surface area contributed by atoms with Gasteiger partial charge in [-0.15, -0.1) is 0 Å². The molecule has 1 fully saturated rings. The summed E-state index contributed by atoms with van der Waals surface area (Å²) in [7, 11) is 0. The van der Waals surface area contributed by atoms with Crippen molar-refractivity contribution >= 4 is 44.3 Å². The standard InChI is InChI=1S/C20H24BrN5O/c1-14(2)13-22-20(27)25-10-8-24(9-11-25)19-18-4-3-7-26(18)17-6-5-15(21)12-16(17)23-19/h3-7,12,14H,8-11,13H2,1-2H3,(H,22,27). The van der Waals surface area contributed by atoms with Crippen LogP contribution < -0.4 is 10.2 Å². The summed E-state index contributed by atoms with van der Waals surface area (Å²) in [5.41, 5.74) is 3.15. The Hall–Kier alpha value is -2.28. The molecule has 0 saturated carbocycles. The number of fused-ring (bicyclic) bond motifs is 3. The van der Waals surface area contributed by atoms with Gasteiger partial charge >= 0.3 is 6.03 Å². The number of urea groups is 1. The molecular formula is C20H24BrN5O. The molecule has 1 N–H and O–H groups in total. The van der Waals surface area contributed by atoms with Gasteiger partial charge in [0, 0.05) is 43.4 Å². The topological polar surface area (TPSA) is 52.9 Å². The van der Waals surface area contributed by atoms with E-state index in [-0.39, 0.29) is 6.03 Å². The fraction of sp³-hybridized carbons (Fsp3) is 0.400. The van der Waals surface area contributed by atoms with Gasteiger partial charge in [0.1, 0.15) is 0 Å². The maximum Gasteiger partial charge on any atom is 0.317 e. The zero-order chi connectivity index (χ0) is 19.0. The molecule has 2 aromatic heterocycles. The number of amides is 2. The van der Waals surface area contributed by atoms with Crippen LogP contribution in [0.5, 0.6) is 0 Å². The number of carbonyl (C=O) groups is 1. The van der Waals surface area contributed by atoms with Crippen LogP contribution in [0.2, 0.25) is 0 Å². The van der Waals surface area contributed by atoms with E-state index in [1.165, 1.54) is 0 Å². The number of anilines is 1. The summed E-state index contributed by atoms with van der Waals surface area (Å²) in [6.07, 6.45) is 2.08. The molecule has 0 unspecified atom stereocenters. The molecular weight excluding hydrogens is 406 g/mol. The Labute approximate surface area is 167 Å². The fourth-order valence-corrected chi connectivity index (χ4v) is 3.84. The molecule has 6 nitrogen and oxygen atoms in total. The van der Waals surface area contributed by atoms with Gasteiger partial charge < -0.3 is 19.5 Å². The van der Waals surface area contributed by atoms with Gasteiger partial charge in [0.25, 0.3) is 0 Å². The second-order valence-corrected chi connectivity index (χ2v) is 8.30. The largest absolute Gasteiger partial charge is 0.351 e. The average molecular weight is 430 g/mol. The monoisotopic (exact) mass is 429 g/mol. The zero-order valence-electron chi connectivity index (χ0n) is 15.7. The van der Waals surface area contributed by atoms with E-state index in [2.05, 4.69) is 68.8 Å². The molecule has 1 saturated heterocycles. The van der Waals surface area contributed by atoms with Crippen LogP contribution in [0, 0.1) is 5.92 Å². The summed E-state index contributed by atoms with van der Waals surface area (Å²) < 4.78 is 3.21. The summed E-state index contributed by atoms with van der Waals surface area (Å²) in [5.74, 6) is 1.44. The first kappa shape index (κ1) is 18.1. The highest BCUT2D eigenvalue weighted by atomic mass is 79.9. The SMILES string of the molecule is CC(C)CNC(=O)N1CCN(c2nc3cc(Br)ccc3n3cccc23)CC1. The van der Waals surface area contributed by atoms with Crippen LogP contribution in [0.15, 0.2) is 41.0 Å². The molecule has 3 heterocycles. The molecule has 1 aliphatic heterocycles. The van der Waals surface area contributed by atoms with E-state index in [0.29, 0.717) is 25.6 Å². The van der Waals surface area contributed by atoms with Gasteiger partial charge in [-0.2, -0.15) is 0 Å². The number of hydrogen-bond acceptors (Lipinski definition) is 3.